The van der Waals surface area contributed by atoms with Gasteiger partial charge in [0.2, 0.25) is 0 Å². The summed E-state index contributed by atoms with van der Waals surface area (Å²) in [6.45, 7) is 58.1. The highest BCUT2D eigenvalue weighted by molar-refractivity contribution is 7.55. The first-order valence-corrected chi connectivity index (χ1v) is 30.1. The largest absolute Gasteiger partial charge is 0.715 e. The van der Waals surface area contributed by atoms with E-state index in [2.05, 4.69) is 20.5 Å². The Morgan fingerprint density at radius 2 is 0.598 bits per heavy atom. The van der Waals surface area contributed by atoms with Crippen molar-refractivity contribution in [2.45, 2.75) is 299 Å². The van der Waals surface area contributed by atoms with Crippen LogP contribution in [0.3, 0.4) is 0 Å². The van der Waals surface area contributed by atoms with Crippen molar-refractivity contribution in [2.24, 2.45) is 31.3 Å². The average Bonchev–Trinajstić information content (AvgIpc) is 3.24. The molecule has 82 heavy (non-hydrogen) atoms. The van der Waals surface area contributed by atoms with Crippen LogP contribution in [0.15, 0.2) is 20.5 Å². The molecule has 0 aliphatic heterocycles. The Kier molecular flexibility index (Phi) is 40.6. The Bertz CT molecular complexity index is 1930. The standard InChI is InChI=1S/C18H38NO5P.C17H36NO6P.2C10H18N2O2.2CH4.HN2/c1-12-22-25(21,23-13-2)15(16(4,5)6)19(17(7,8)9)24-18(10,11)14(3)20;1-11-22-25(21,23-12-2)13(15(3,4)5)18(16(6,7)8)24-17(9,10)14(19)20;2*1-7(13)9(3,4)11-12-10(5,6)8(2)14;;;1-2/h15H,12-13H2,1-11H3;13H,11-12H2,1-10H3,(H,19,20);2*1-6H3;2*1H4;1H/q;;;;;;-1. The van der Waals surface area contributed by atoms with Crippen LogP contribution in [-0.4, -0.2) is 133 Å². The zero-order valence-corrected chi connectivity index (χ0v) is 57.5. The second-order valence-electron chi connectivity index (χ2n) is 26.1. The Hall–Kier alpha value is -3.24. The zero-order valence-electron chi connectivity index (χ0n) is 55.7. The van der Waals surface area contributed by atoms with Crippen molar-refractivity contribution in [1.29, 1.82) is 5.53 Å². The van der Waals surface area contributed by atoms with Crippen LogP contribution in [0.5, 0.6) is 0 Å². The van der Waals surface area contributed by atoms with E-state index in [1.807, 2.05) is 83.1 Å². The van der Waals surface area contributed by atoms with Crippen molar-refractivity contribution in [2.75, 3.05) is 26.4 Å². The first kappa shape index (κ1) is 92.5. The van der Waals surface area contributed by atoms with E-state index in [9.17, 15) is 43.0 Å². The lowest BCUT2D eigenvalue weighted by Gasteiger charge is -2.49. The lowest BCUT2D eigenvalue weighted by Crippen LogP contribution is -2.57. The second-order valence-corrected chi connectivity index (χ2v) is 30.3. The molecular formula is C57H119N8O15P2-. The highest BCUT2D eigenvalue weighted by Crippen LogP contribution is 2.62. The smallest absolute Gasteiger partial charge is 0.350 e. The van der Waals surface area contributed by atoms with Crippen LogP contribution < -0.4 is 0 Å². The fraction of sp³-hybridized carbons (Fsp3) is 0.895. The molecule has 25 heteroatoms. The number of azo groups is 2. The zero-order chi connectivity index (χ0) is 65.7. The molecule has 0 aromatic carbocycles. The number of carbonyl (C=O) groups excluding carboxylic acids is 5. The molecule has 0 aromatic rings. The summed E-state index contributed by atoms with van der Waals surface area (Å²) < 4.78 is 49.7. The number of hydroxylamine groups is 4. The molecule has 0 aliphatic carbocycles. The molecule has 0 heterocycles. The van der Waals surface area contributed by atoms with Gasteiger partial charge in [-0.2, -0.15) is 30.6 Å². The van der Waals surface area contributed by atoms with Crippen LogP contribution in [0.2, 0.25) is 0 Å². The van der Waals surface area contributed by atoms with Crippen molar-refractivity contribution in [1.82, 2.24) is 10.1 Å². The monoisotopic (exact) mass is 1220 g/mol. The summed E-state index contributed by atoms with van der Waals surface area (Å²) >= 11 is 0. The van der Waals surface area contributed by atoms with Gasteiger partial charge in [-0.1, -0.05) is 56.4 Å². The van der Waals surface area contributed by atoms with E-state index in [4.69, 9.17) is 38.8 Å². The minimum Gasteiger partial charge on any atom is -0.715 e. The third-order valence-corrected chi connectivity index (χ3v) is 17.4. The third-order valence-electron chi connectivity index (χ3n) is 11.7. The van der Waals surface area contributed by atoms with E-state index in [1.165, 1.54) is 53.5 Å². The van der Waals surface area contributed by atoms with Crippen molar-refractivity contribution < 1.29 is 70.8 Å². The van der Waals surface area contributed by atoms with Crippen LogP contribution in [0.4, 0.5) is 0 Å². The van der Waals surface area contributed by atoms with E-state index < -0.39 is 88.0 Å². The Labute approximate surface area is 497 Å². The van der Waals surface area contributed by atoms with E-state index in [0.29, 0.717) is 0 Å². The maximum Gasteiger partial charge on any atom is 0.350 e. The average molecular weight is 1220 g/mol. The topological polar surface area (TPSA) is 314 Å². The molecule has 488 valence electrons. The highest BCUT2D eigenvalue weighted by atomic mass is 31.2. The van der Waals surface area contributed by atoms with Crippen molar-refractivity contribution in [3.05, 3.63) is 5.53 Å². The van der Waals surface area contributed by atoms with Gasteiger partial charge in [0.15, 0.2) is 34.5 Å². The first-order chi connectivity index (χ1) is 35.2. The quantitative estimate of drug-likeness (QED) is 0.0462. The maximum atomic E-state index is 13.7. The summed E-state index contributed by atoms with van der Waals surface area (Å²) in [5.41, 5.74) is 2.85. The van der Waals surface area contributed by atoms with E-state index in [1.54, 1.807) is 102 Å². The lowest BCUT2D eigenvalue weighted by molar-refractivity contribution is -0.290. The van der Waals surface area contributed by atoms with E-state index >= 15 is 0 Å². The number of carbonyl (C=O) groups is 6. The summed E-state index contributed by atoms with van der Waals surface area (Å²) in [6.07, 6.45) is 0. The number of aliphatic carboxylic acids is 1. The van der Waals surface area contributed by atoms with Gasteiger partial charge in [0.05, 0.1) is 26.4 Å². The molecule has 0 saturated carbocycles. The molecule has 0 fully saturated rings. The minimum absolute atomic E-state index is 0. The fourth-order valence-electron chi connectivity index (χ4n) is 5.47. The molecule has 2 N–H and O–H groups in total. The molecule has 0 spiro atoms. The number of nitrogens with zero attached hydrogens (tertiary/aromatic N) is 7. The Morgan fingerprint density at radius 3 is 0.720 bits per heavy atom. The van der Waals surface area contributed by atoms with Gasteiger partial charge in [0.25, 0.3) is 0 Å². The SMILES string of the molecule is C.C.CC(=O)C(C)(C)N=NC(C)(C)C(C)=O.CC(=O)C(C)(C)N=NC(C)(C)C(C)=O.CCOP(=O)(OCC)C(N(OC(C)(C)C(=O)O)C(C)(C)C)C(C)(C)C.CCOP(=O)(OCC)C(N(OC(C)(C)C(C)=O)C(C)(C)C)C(C)(C)C.[N-]=N. The van der Waals surface area contributed by atoms with E-state index in [0.717, 1.165) is 0 Å². The Balaban J connectivity index is -0.000000186. The number of hydrogen-bond acceptors (Lipinski definition) is 21. The van der Waals surface area contributed by atoms with E-state index in [-0.39, 0.29) is 70.2 Å². The van der Waals surface area contributed by atoms with Crippen molar-refractivity contribution >= 4 is 50.1 Å². The molecule has 0 radical (unpaired) electrons. The van der Waals surface area contributed by atoms with Crippen LogP contribution in [-0.2, 0) is 65.7 Å². The summed E-state index contributed by atoms with van der Waals surface area (Å²) in [6, 6.07) is 0. The number of ketones is 5. The molecule has 23 nitrogen and oxygen atoms in total. The van der Waals surface area contributed by atoms with Gasteiger partial charge in [-0.3, -0.25) is 42.8 Å². The van der Waals surface area contributed by atoms with Gasteiger partial charge in [-0.15, -0.1) is 0 Å². The summed E-state index contributed by atoms with van der Waals surface area (Å²) in [4.78, 5) is 80.1. The number of carboxylic acids is 1. The van der Waals surface area contributed by atoms with Gasteiger partial charge >= 0.3 is 21.2 Å². The predicted octanol–water partition coefficient (Wildman–Crippen LogP) is 15.8. The Morgan fingerprint density at radius 1 is 0.415 bits per heavy atom. The molecule has 0 aromatic heterocycles. The van der Waals surface area contributed by atoms with Gasteiger partial charge < -0.3 is 34.3 Å². The summed E-state index contributed by atoms with van der Waals surface area (Å²) in [5, 5.41) is 28.2. The number of carboxylic acid groups (broad SMARTS) is 1. The molecule has 0 saturated heterocycles. The van der Waals surface area contributed by atoms with Gasteiger partial charge in [-0.05, 0) is 198 Å². The lowest BCUT2D eigenvalue weighted by atomic mass is 9.94. The number of nitrogens with one attached hydrogen (secondary N) is 1. The number of Topliss-reactive ketones (excluding diaryl/α,β-unsaturated/α-hetero) is 5. The molecule has 2 atom stereocenters. The van der Waals surface area contributed by atoms with Crippen molar-refractivity contribution in [3.63, 3.8) is 0 Å². The second kappa shape index (κ2) is 36.0. The molecular weight excluding hydrogens is 1100 g/mol. The van der Waals surface area contributed by atoms with Crippen LogP contribution in [0.1, 0.15) is 243 Å². The normalized spacial score (nSPS) is 14.0. The third kappa shape index (κ3) is 32.3. The fourth-order valence-corrected chi connectivity index (χ4v) is 10.8. The molecule has 0 bridgehead atoms. The molecule has 0 amide bonds. The molecule has 2 unspecified atom stereocenters. The van der Waals surface area contributed by atoms with Crippen LogP contribution in [0, 0.1) is 16.4 Å². The highest BCUT2D eigenvalue weighted by Gasteiger charge is 2.54. The summed E-state index contributed by atoms with van der Waals surface area (Å²) in [5.74, 6) is -2.98. The predicted molar refractivity (Wildman–Crippen MR) is 328 cm³/mol. The van der Waals surface area contributed by atoms with Crippen LogP contribution >= 0.6 is 15.2 Å². The number of rotatable bonds is 26. The maximum absolute atomic E-state index is 13.7. The number of hydrogen-bond donors (Lipinski definition) is 2. The summed E-state index contributed by atoms with van der Waals surface area (Å²) in [7, 11) is -7.14. The molecule has 0 rings (SSSR count). The van der Waals surface area contributed by atoms with Crippen molar-refractivity contribution in [3.8, 4) is 0 Å². The van der Waals surface area contributed by atoms with Gasteiger partial charge in [0.1, 0.15) is 39.3 Å². The van der Waals surface area contributed by atoms with Gasteiger partial charge in [-0.25, -0.2) is 4.79 Å². The molecule has 0 aliphatic rings. The van der Waals surface area contributed by atoms with Gasteiger partial charge in [0, 0.05) is 11.1 Å². The first-order valence-electron chi connectivity index (χ1n) is 26.9. The van der Waals surface area contributed by atoms with Crippen LogP contribution in [0.25, 0.3) is 5.53 Å². The minimum atomic E-state index is -3.61.